The molecule has 0 unspecified atom stereocenters. The predicted molar refractivity (Wildman–Crippen MR) is 170 cm³/mol. The Morgan fingerprint density at radius 3 is 1.90 bits per heavy atom. The van der Waals surface area contributed by atoms with Crippen LogP contribution >= 0.6 is 15.9 Å². The van der Waals surface area contributed by atoms with Crippen molar-refractivity contribution in [3.8, 4) is 5.75 Å². The molecule has 3 aliphatic rings. The first kappa shape index (κ1) is 28.7. The van der Waals surface area contributed by atoms with E-state index in [9.17, 15) is 9.59 Å². The summed E-state index contributed by atoms with van der Waals surface area (Å²) in [6.45, 7) is 9.74. The summed E-state index contributed by atoms with van der Waals surface area (Å²) >= 11 is 3.64. The normalized spacial score (nSPS) is 20.0. The fourth-order valence-electron chi connectivity index (χ4n) is 6.94. The van der Waals surface area contributed by atoms with Crippen LogP contribution in [0.1, 0.15) is 76.0 Å². The third-order valence-corrected chi connectivity index (χ3v) is 9.55. The minimum Gasteiger partial charge on any atom is -0.489 e. The van der Waals surface area contributed by atoms with Crippen LogP contribution < -0.4 is 4.74 Å². The number of benzene rings is 3. The molecule has 0 radical (unpaired) electrons. The Kier molecular flexibility index (Phi) is 7.51. The van der Waals surface area contributed by atoms with Crippen LogP contribution in [0.2, 0.25) is 0 Å². The van der Waals surface area contributed by atoms with Gasteiger partial charge in [-0.2, -0.15) is 0 Å². The van der Waals surface area contributed by atoms with Gasteiger partial charge >= 0.3 is 0 Å². The van der Waals surface area contributed by atoms with Crippen molar-refractivity contribution in [2.45, 2.75) is 72.4 Å². The van der Waals surface area contributed by atoms with Gasteiger partial charge in [0.15, 0.2) is 11.6 Å². The topological polar surface area (TPSA) is 46.6 Å². The molecule has 216 valence electrons. The Labute approximate surface area is 257 Å². The standard InChI is InChI=1S/C37H38BrNO3/c1-36(2)18-28-34(30(40)20-36)33(26-15-9-11-17-32(26)42-23-25-14-8-10-16-27(25)38)35-29(19-37(3,4)21-31(35)41)39(28)22-24-12-6-5-7-13-24/h5-17,33H,18-23H2,1-4H3. The molecule has 3 aromatic carbocycles. The van der Waals surface area contributed by atoms with Gasteiger partial charge in [-0.1, -0.05) is 110 Å². The second kappa shape index (κ2) is 11.0. The fourth-order valence-corrected chi connectivity index (χ4v) is 7.34. The van der Waals surface area contributed by atoms with E-state index in [-0.39, 0.29) is 22.4 Å². The van der Waals surface area contributed by atoms with Gasteiger partial charge in [0.05, 0.1) is 0 Å². The summed E-state index contributed by atoms with van der Waals surface area (Å²) in [5.41, 5.74) is 6.43. The van der Waals surface area contributed by atoms with Crippen molar-refractivity contribution in [2.24, 2.45) is 10.8 Å². The summed E-state index contributed by atoms with van der Waals surface area (Å²) in [7, 11) is 0. The zero-order chi connectivity index (χ0) is 29.6. The molecule has 0 saturated carbocycles. The Morgan fingerprint density at radius 2 is 1.29 bits per heavy atom. The maximum Gasteiger partial charge on any atom is 0.162 e. The molecule has 0 saturated heterocycles. The van der Waals surface area contributed by atoms with Crippen LogP contribution in [0.25, 0.3) is 0 Å². The average Bonchev–Trinajstić information content (AvgIpc) is 2.93. The van der Waals surface area contributed by atoms with Gasteiger partial charge in [0.2, 0.25) is 0 Å². The molecule has 4 nitrogen and oxygen atoms in total. The van der Waals surface area contributed by atoms with Gasteiger partial charge < -0.3 is 9.64 Å². The quantitative estimate of drug-likeness (QED) is 0.275. The number of hydrogen-bond acceptors (Lipinski definition) is 4. The number of para-hydroxylation sites is 1. The van der Waals surface area contributed by atoms with E-state index >= 15 is 0 Å². The fraction of sp³-hybridized carbons (Fsp3) is 0.351. The second-order valence-corrected chi connectivity index (χ2v) is 14.4. The number of carbonyl (C=O) groups is 2. The summed E-state index contributed by atoms with van der Waals surface area (Å²) in [5, 5.41) is 0. The molecule has 2 aliphatic carbocycles. The van der Waals surface area contributed by atoms with Gasteiger partial charge in [-0.05, 0) is 41.4 Å². The first-order valence-corrected chi connectivity index (χ1v) is 15.6. The van der Waals surface area contributed by atoms with Crippen LogP contribution in [0, 0.1) is 10.8 Å². The van der Waals surface area contributed by atoms with Crippen molar-refractivity contribution in [2.75, 3.05) is 0 Å². The zero-order valence-electron chi connectivity index (χ0n) is 24.9. The Bertz CT molecular complexity index is 1560. The number of halogens is 1. The highest BCUT2D eigenvalue weighted by atomic mass is 79.9. The monoisotopic (exact) mass is 623 g/mol. The molecule has 6 rings (SSSR count). The number of allylic oxidation sites excluding steroid dienone is 4. The van der Waals surface area contributed by atoms with Gasteiger partial charge in [-0.15, -0.1) is 0 Å². The SMILES string of the molecule is CC1(C)CC(=O)C2=C(C1)N(Cc1ccccc1)C1=C(C(=O)CC(C)(C)C1)C2c1ccccc1OCc1ccccc1Br. The molecule has 0 aromatic heterocycles. The van der Waals surface area contributed by atoms with Gasteiger partial charge in [0.25, 0.3) is 0 Å². The van der Waals surface area contributed by atoms with E-state index in [2.05, 4.69) is 72.8 Å². The molecule has 3 aromatic rings. The molecule has 5 heteroatoms. The van der Waals surface area contributed by atoms with Crippen LogP contribution in [0.5, 0.6) is 5.75 Å². The predicted octanol–water partition coefficient (Wildman–Crippen LogP) is 8.91. The number of Topliss-reactive ketones (excluding diaryl/α,β-unsaturated/α-hetero) is 2. The molecule has 0 atom stereocenters. The summed E-state index contributed by atoms with van der Waals surface area (Å²) in [5.74, 6) is 0.538. The van der Waals surface area contributed by atoms with E-state index in [1.54, 1.807) is 0 Å². The lowest BCUT2D eigenvalue weighted by Crippen LogP contribution is -2.44. The first-order chi connectivity index (χ1) is 20.0. The van der Waals surface area contributed by atoms with E-state index in [1.165, 1.54) is 5.56 Å². The molecule has 0 spiro atoms. The summed E-state index contributed by atoms with van der Waals surface area (Å²) in [4.78, 5) is 30.7. The number of carbonyl (C=O) groups excluding carboxylic acids is 2. The van der Waals surface area contributed by atoms with E-state index in [1.807, 2.05) is 54.6 Å². The van der Waals surface area contributed by atoms with Crippen LogP contribution in [-0.2, 0) is 22.7 Å². The minimum absolute atomic E-state index is 0.133. The molecule has 0 bridgehead atoms. The number of hydrogen-bond donors (Lipinski definition) is 0. The van der Waals surface area contributed by atoms with Gasteiger partial charge in [0.1, 0.15) is 12.4 Å². The highest BCUT2D eigenvalue weighted by Gasteiger charge is 2.49. The second-order valence-electron chi connectivity index (χ2n) is 13.5. The molecule has 0 amide bonds. The molecule has 1 aliphatic heterocycles. The third-order valence-electron chi connectivity index (χ3n) is 8.78. The van der Waals surface area contributed by atoms with E-state index in [0.29, 0.717) is 31.7 Å². The summed E-state index contributed by atoms with van der Waals surface area (Å²) < 4.78 is 7.47. The zero-order valence-corrected chi connectivity index (χ0v) is 26.5. The van der Waals surface area contributed by atoms with Gasteiger partial charge in [0, 0.05) is 63.4 Å². The van der Waals surface area contributed by atoms with Crippen LogP contribution in [0.15, 0.2) is 106 Å². The van der Waals surface area contributed by atoms with Crippen molar-refractivity contribution in [3.63, 3.8) is 0 Å². The van der Waals surface area contributed by atoms with E-state index in [4.69, 9.17) is 4.74 Å². The number of ether oxygens (including phenoxy) is 1. The smallest absolute Gasteiger partial charge is 0.162 e. The molecule has 1 heterocycles. The van der Waals surface area contributed by atoms with Crippen molar-refractivity contribution >= 4 is 27.5 Å². The Morgan fingerprint density at radius 1 is 0.738 bits per heavy atom. The average molecular weight is 625 g/mol. The lowest BCUT2D eigenvalue weighted by atomic mass is 9.63. The number of ketones is 2. The van der Waals surface area contributed by atoms with Crippen LogP contribution in [-0.4, -0.2) is 16.5 Å². The molecule has 0 N–H and O–H groups in total. The Balaban J connectivity index is 1.53. The van der Waals surface area contributed by atoms with Gasteiger partial charge in [-0.25, -0.2) is 0 Å². The van der Waals surface area contributed by atoms with Crippen LogP contribution in [0.3, 0.4) is 0 Å². The minimum atomic E-state index is -0.440. The highest BCUT2D eigenvalue weighted by Crippen LogP contribution is 2.55. The van der Waals surface area contributed by atoms with E-state index in [0.717, 1.165) is 51.0 Å². The third kappa shape index (κ3) is 5.51. The van der Waals surface area contributed by atoms with Gasteiger partial charge in [-0.3, -0.25) is 9.59 Å². The van der Waals surface area contributed by atoms with Crippen molar-refractivity contribution in [1.29, 1.82) is 0 Å². The van der Waals surface area contributed by atoms with Crippen LogP contribution in [0.4, 0.5) is 0 Å². The maximum absolute atomic E-state index is 14.2. The molecule has 0 fully saturated rings. The number of nitrogens with zero attached hydrogens (tertiary/aromatic N) is 1. The maximum atomic E-state index is 14.2. The van der Waals surface area contributed by atoms with Crippen molar-refractivity contribution in [1.82, 2.24) is 4.90 Å². The molecular formula is C37H38BrNO3. The highest BCUT2D eigenvalue weighted by molar-refractivity contribution is 9.10. The summed E-state index contributed by atoms with van der Waals surface area (Å²) in [6.07, 6.45) is 2.49. The lowest BCUT2D eigenvalue weighted by Gasteiger charge is -2.49. The van der Waals surface area contributed by atoms with Crippen molar-refractivity contribution in [3.05, 3.63) is 123 Å². The lowest BCUT2D eigenvalue weighted by molar-refractivity contribution is -0.119. The Hall–Kier alpha value is -3.44. The molecular weight excluding hydrogens is 586 g/mol. The number of rotatable bonds is 6. The van der Waals surface area contributed by atoms with Crippen molar-refractivity contribution < 1.29 is 14.3 Å². The first-order valence-electron chi connectivity index (χ1n) is 14.8. The van der Waals surface area contributed by atoms with E-state index < -0.39 is 5.92 Å². The molecule has 42 heavy (non-hydrogen) atoms. The largest absolute Gasteiger partial charge is 0.489 e. The summed E-state index contributed by atoms with van der Waals surface area (Å²) in [6, 6.07) is 26.4.